The van der Waals surface area contributed by atoms with E-state index >= 15 is 0 Å². The van der Waals surface area contributed by atoms with Crippen molar-refractivity contribution in [1.29, 1.82) is 0 Å². The van der Waals surface area contributed by atoms with Crippen LogP contribution in [0.15, 0.2) is 6.33 Å². The first-order valence-electron chi connectivity index (χ1n) is 7.14. The fourth-order valence-electron chi connectivity index (χ4n) is 3.13. The number of likely N-dealkylation sites (tertiary alicyclic amines) is 1. The highest BCUT2D eigenvalue weighted by Crippen LogP contribution is 2.28. The highest BCUT2D eigenvalue weighted by atomic mass is 16.2. The molecule has 7 heteroatoms. The summed E-state index contributed by atoms with van der Waals surface area (Å²) < 4.78 is 0. The largest absolute Gasteiger partial charge is 0.296 e. The molecule has 1 saturated carbocycles. The van der Waals surface area contributed by atoms with Gasteiger partial charge in [-0.2, -0.15) is 5.10 Å². The van der Waals surface area contributed by atoms with Gasteiger partial charge < -0.3 is 0 Å². The quantitative estimate of drug-likeness (QED) is 0.783. The standard InChI is InChI=1S/C13H19N5O2/c1-8(12-14-7-15-17-12)16-10-6-11(19)18(13(10)20)9-4-2-3-5-9/h7-10,16H,2-6H2,1H3,(H,14,15,17). The van der Waals surface area contributed by atoms with E-state index in [1.165, 1.54) is 11.2 Å². The topological polar surface area (TPSA) is 91.0 Å². The summed E-state index contributed by atoms with van der Waals surface area (Å²) in [5, 5.41) is 9.73. The van der Waals surface area contributed by atoms with Gasteiger partial charge in [-0.3, -0.25) is 24.9 Å². The molecule has 0 aromatic carbocycles. The lowest BCUT2D eigenvalue weighted by Crippen LogP contribution is -2.43. The van der Waals surface area contributed by atoms with Crippen LogP contribution in [0.3, 0.4) is 0 Å². The Kier molecular flexibility index (Phi) is 3.52. The smallest absolute Gasteiger partial charge is 0.247 e. The molecule has 2 amide bonds. The van der Waals surface area contributed by atoms with E-state index in [-0.39, 0.29) is 30.3 Å². The van der Waals surface area contributed by atoms with Crippen molar-refractivity contribution >= 4 is 11.8 Å². The van der Waals surface area contributed by atoms with Crippen LogP contribution in [0, 0.1) is 0 Å². The normalized spacial score (nSPS) is 25.6. The van der Waals surface area contributed by atoms with Gasteiger partial charge in [0.2, 0.25) is 11.8 Å². The first kappa shape index (κ1) is 13.2. The van der Waals surface area contributed by atoms with Gasteiger partial charge in [-0.05, 0) is 19.8 Å². The number of nitrogens with zero attached hydrogens (tertiary/aromatic N) is 3. The van der Waals surface area contributed by atoms with Crippen LogP contribution in [0.2, 0.25) is 0 Å². The second-order valence-electron chi connectivity index (χ2n) is 5.56. The second-order valence-corrected chi connectivity index (χ2v) is 5.56. The average Bonchev–Trinajstić information content (AvgIpc) is 3.13. The molecule has 20 heavy (non-hydrogen) atoms. The van der Waals surface area contributed by atoms with Crippen molar-refractivity contribution in [3.05, 3.63) is 12.2 Å². The molecule has 0 spiro atoms. The van der Waals surface area contributed by atoms with Crippen LogP contribution in [0.1, 0.15) is 50.9 Å². The highest BCUT2D eigenvalue weighted by molar-refractivity contribution is 6.05. The minimum absolute atomic E-state index is 0.0517. The van der Waals surface area contributed by atoms with Crippen molar-refractivity contribution in [3.8, 4) is 0 Å². The maximum atomic E-state index is 12.4. The van der Waals surface area contributed by atoms with E-state index in [2.05, 4.69) is 20.5 Å². The number of carbonyl (C=O) groups excluding carboxylic acids is 2. The number of hydrogen-bond acceptors (Lipinski definition) is 5. The summed E-state index contributed by atoms with van der Waals surface area (Å²) in [6, 6.07) is -0.464. The molecule has 2 atom stereocenters. The SMILES string of the molecule is CC(NC1CC(=O)N(C2CCCC2)C1=O)c1ncn[nH]1. The summed E-state index contributed by atoms with van der Waals surface area (Å²) in [7, 11) is 0. The van der Waals surface area contributed by atoms with Gasteiger partial charge in [0.15, 0.2) is 0 Å². The molecule has 2 heterocycles. The average molecular weight is 277 g/mol. The summed E-state index contributed by atoms with van der Waals surface area (Å²) in [4.78, 5) is 30.0. The number of rotatable bonds is 4. The van der Waals surface area contributed by atoms with Gasteiger partial charge in [0.1, 0.15) is 12.2 Å². The molecule has 1 aliphatic heterocycles. The van der Waals surface area contributed by atoms with Gasteiger partial charge in [-0.25, -0.2) is 4.98 Å². The molecule has 2 N–H and O–H groups in total. The van der Waals surface area contributed by atoms with E-state index in [1.54, 1.807) is 0 Å². The van der Waals surface area contributed by atoms with Crippen LogP contribution in [0.4, 0.5) is 0 Å². The summed E-state index contributed by atoms with van der Waals surface area (Å²) in [6.07, 6.45) is 5.78. The molecule has 1 aromatic heterocycles. The third-order valence-electron chi connectivity index (χ3n) is 4.17. The fraction of sp³-hybridized carbons (Fsp3) is 0.692. The molecule has 1 aromatic rings. The van der Waals surface area contributed by atoms with Crippen LogP contribution in [-0.2, 0) is 9.59 Å². The summed E-state index contributed by atoms with van der Waals surface area (Å²) in [5.41, 5.74) is 0. The molecular weight excluding hydrogens is 258 g/mol. The molecule has 2 unspecified atom stereocenters. The molecule has 7 nitrogen and oxygen atoms in total. The molecule has 2 fully saturated rings. The number of amides is 2. The minimum Gasteiger partial charge on any atom is -0.296 e. The summed E-state index contributed by atoms with van der Waals surface area (Å²) >= 11 is 0. The Bertz CT molecular complexity index is 495. The van der Waals surface area contributed by atoms with Gasteiger partial charge >= 0.3 is 0 Å². The number of H-pyrrole nitrogens is 1. The van der Waals surface area contributed by atoms with Crippen LogP contribution in [0.5, 0.6) is 0 Å². The number of imide groups is 1. The van der Waals surface area contributed by atoms with Gasteiger partial charge in [0, 0.05) is 6.04 Å². The molecule has 1 aliphatic carbocycles. The van der Waals surface area contributed by atoms with Crippen molar-refractivity contribution in [1.82, 2.24) is 25.4 Å². The molecule has 1 saturated heterocycles. The van der Waals surface area contributed by atoms with Crippen LogP contribution in [-0.4, -0.2) is 44.0 Å². The third-order valence-corrected chi connectivity index (χ3v) is 4.17. The van der Waals surface area contributed by atoms with Crippen LogP contribution < -0.4 is 5.32 Å². The van der Waals surface area contributed by atoms with Crippen LogP contribution in [0.25, 0.3) is 0 Å². The van der Waals surface area contributed by atoms with Crippen molar-refractivity contribution < 1.29 is 9.59 Å². The van der Waals surface area contributed by atoms with E-state index in [1.807, 2.05) is 6.92 Å². The van der Waals surface area contributed by atoms with E-state index in [0.717, 1.165) is 25.7 Å². The van der Waals surface area contributed by atoms with Gasteiger partial charge in [0.05, 0.1) is 18.5 Å². The predicted molar refractivity (Wildman–Crippen MR) is 70.4 cm³/mol. The number of nitrogens with one attached hydrogen (secondary N) is 2. The zero-order chi connectivity index (χ0) is 14.1. The van der Waals surface area contributed by atoms with Crippen molar-refractivity contribution in [2.75, 3.05) is 0 Å². The summed E-state index contributed by atoms with van der Waals surface area (Å²) in [6.45, 7) is 1.90. The molecule has 0 bridgehead atoms. The Morgan fingerprint density at radius 1 is 1.40 bits per heavy atom. The zero-order valence-corrected chi connectivity index (χ0v) is 11.5. The van der Waals surface area contributed by atoms with Crippen molar-refractivity contribution in [2.24, 2.45) is 0 Å². The zero-order valence-electron chi connectivity index (χ0n) is 11.5. The first-order chi connectivity index (χ1) is 9.66. The lowest BCUT2D eigenvalue weighted by atomic mass is 10.2. The Balaban J connectivity index is 1.66. The minimum atomic E-state index is -0.441. The molecule has 108 valence electrons. The Morgan fingerprint density at radius 3 is 2.80 bits per heavy atom. The lowest BCUT2D eigenvalue weighted by molar-refractivity contribution is -0.141. The monoisotopic (exact) mass is 277 g/mol. The Morgan fingerprint density at radius 2 is 2.15 bits per heavy atom. The third kappa shape index (κ3) is 2.33. The predicted octanol–water partition coefficient (Wildman–Crippen LogP) is 0.525. The Labute approximate surface area is 117 Å². The van der Waals surface area contributed by atoms with Crippen molar-refractivity contribution in [2.45, 2.75) is 57.2 Å². The van der Waals surface area contributed by atoms with Gasteiger partial charge in [-0.15, -0.1) is 0 Å². The molecular formula is C13H19N5O2. The summed E-state index contributed by atoms with van der Waals surface area (Å²) in [5.74, 6) is 0.530. The number of hydrogen-bond donors (Lipinski definition) is 2. The molecule has 3 rings (SSSR count). The fourth-order valence-corrected chi connectivity index (χ4v) is 3.13. The highest BCUT2D eigenvalue weighted by Gasteiger charge is 2.43. The number of carbonyl (C=O) groups is 2. The van der Waals surface area contributed by atoms with Gasteiger partial charge in [-0.1, -0.05) is 12.8 Å². The second kappa shape index (κ2) is 5.32. The van der Waals surface area contributed by atoms with E-state index in [0.29, 0.717) is 5.82 Å². The van der Waals surface area contributed by atoms with E-state index in [9.17, 15) is 9.59 Å². The lowest BCUT2D eigenvalue weighted by Gasteiger charge is -2.22. The first-order valence-corrected chi connectivity index (χ1v) is 7.14. The van der Waals surface area contributed by atoms with E-state index in [4.69, 9.17) is 0 Å². The molecule has 0 radical (unpaired) electrons. The Hall–Kier alpha value is -1.76. The van der Waals surface area contributed by atoms with E-state index < -0.39 is 6.04 Å². The van der Waals surface area contributed by atoms with Gasteiger partial charge in [0.25, 0.3) is 0 Å². The number of aromatic nitrogens is 3. The molecule has 2 aliphatic rings. The number of aromatic amines is 1. The maximum absolute atomic E-state index is 12.4. The van der Waals surface area contributed by atoms with Crippen molar-refractivity contribution in [3.63, 3.8) is 0 Å². The van der Waals surface area contributed by atoms with Crippen LogP contribution >= 0.6 is 0 Å². The maximum Gasteiger partial charge on any atom is 0.247 e.